The minimum Gasteiger partial charge on any atom is -0.421 e. The molecule has 3 nitrogen and oxygen atoms in total. The molecule has 0 radical (unpaired) electrons. The van der Waals surface area contributed by atoms with Crippen molar-refractivity contribution in [3.8, 4) is 15.6 Å². The molecule has 0 saturated heterocycles. The van der Waals surface area contributed by atoms with Crippen LogP contribution in [0.3, 0.4) is 0 Å². The van der Waals surface area contributed by atoms with E-state index in [9.17, 15) is 4.79 Å². The molecule has 0 aliphatic heterocycles. The zero-order valence-corrected chi connectivity index (χ0v) is 11.0. The van der Waals surface area contributed by atoms with Gasteiger partial charge < -0.3 is 9.47 Å². The van der Waals surface area contributed by atoms with Crippen LogP contribution >= 0.6 is 22.6 Å². The Kier molecular flexibility index (Phi) is 5.72. The molecule has 0 spiro atoms. The van der Waals surface area contributed by atoms with E-state index >= 15 is 0 Å². The van der Waals surface area contributed by atoms with E-state index in [0.717, 1.165) is 6.42 Å². The van der Waals surface area contributed by atoms with Gasteiger partial charge in [-0.2, -0.15) is 0 Å². The fourth-order valence-electron chi connectivity index (χ4n) is 1.04. The molecule has 0 atom stereocenters. The SMILES string of the molecule is CCc1ccc(OC(=O)OCC#CI)cc1. The number of carbonyl (C=O) groups excluding carboxylic acids is 1. The first-order valence-electron chi connectivity index (χ1n) is 4.78. The highest BCUT2D eigenvalue weighted by molar-refractivity contribution is 14.1. The van der Waals surface area contributed by atoms with Crippen LogP contribution in [0.4, 0.5) is 4.79 Å². The Morgan fingerprint density at radius 2 is 2.06 bits per heavy atom. The molecule has 0 bridgehead atoms. The van der Waals surface area contributed by atoms with Crippen LogP contribution in [-0.4, -0.2) is 12.8 Å². The zero-order valence-electron chi connectivity index (χ0n) is 8.83. The summed E-state index contributed by atoms with van der Waals surface area (Å²) >= 11 is 1.87. The summed E-state index contributed by atoms with van der Waals surface area (Å²) in [5, 5.41) is 0. The third kappa shape index (κ3) is 4.53. The lowest BCUT2D eigenvalue weighted by Crippen LogP contribution is -2.10. The second kappa shape index (κ2) is 7.12. The monoisotopic (exact) mass is 330 g/mol. The summed E-state index contributed by atoms with van der Waals surface area (Å²) in [6.07, 6.45) is 0.221. The molecule has 0 aliphatic rings. The van der Waals surface area contributed by atoms with Gasteiger partial charge in [0.2, 0.25) is 0 Å². The van der Waals surface area contributed by atoms with Crippen LogP contribution in [0.1, 0.15) is 12.5 Å². The van der Waals surface area contributed by atoms with Crippen molar-refractivity contribution in [1.29, 1.82) is 0 Å². The van der Waals surface area contributed by atoms with Crippen LogP contribution in [0.25, 0.3) is 0 Å². The van der Waals surface area contributed by atoms with Crippen molar-refractivity contribution in [3.05, 3.63) is 29.8 Å². The summed E-state index contributed by atoms with van der Waals surface area (Å²) in [6.45, 7) is 2.11. The maximum Gasteiger partial charge on any atom is 0.514 e. The first-order valence-corrected chi connectivity index (χ1v) is 5.86. The van der Waals surface area contributed by atoms with Gasteiger partial charge in [-0.3, -0.25) is 0 Å². The van der Waals surface area contributed by atoms with Gasteiger partial charge in [0, 0.05) is 22.6 Å². The highest BCUT2D eigenvalue weighted by Crippen LogP contribution is 2.12. The molecule has 1 aromatic carbocycles. The first-order chi connectivity index (χ1) is 7.76. The van der Waals surface area contributed by atoms with E-state index in [0.29, 0.717) is 5.75 Å². The molecule has 4 heteroatoms. The minimum absolute atomic E-state index is 0.0504. The van der Waals surface area contributed by atoms with E-state index in [1.54, 1.807) is 12.1 Å². The fraction of sp³-hybridized carbons (Fsp3) is 0.250. The third-order valence-corrected chi connectivity index (χ3v) is 2.24. The molecule has 16 heavy (non-hydrogen) atoms. The van der Waals surface area contributed by atoms with Gasteiger partial charge in [-0.05, 0) is 28.0 Å². The van der Waals surface area contributed by atoms with Crippen molar-refractivity contribution in [2.45, 2.75) is 13.3 Å². The molecule has 0 saturated carbocycles. The largest absolute Gasteiger partial charge is 0.514 e. The van der Waals surface area contributed by atoms with Gasteiger partial charge in [0.05, 0.1) is 0 Å². The molecule has 1 rings (SSSR count). The molecule has 0 amide bonds. The lowest BCUT2D eigenvalue weighted by molar-refractivity contribution is 0.111. The van der Waals surface area contributed by atoms with Gasteiger partial charge in [0.1, 0.15) is 5.75 Å². The van der Waals surface area contributed by atoms with Crippen molar-refractivity contribution in [1.82, 2.24) is 0 Å². The average molecular weight is 330 g/mol. The van der Waals surface area contributed by atoms with E-state index in [1.165, 1.54) is 5.56 Å². The topological polar surface area (TPSA) is 35.5 Å². The Balaban J connectivity index is 2.45. The number of halogens is 1. The summed E-state index contributed by atoms with van der Waals surface area (Å²) in [7, 11) is 0. The smallest absolute Gasteiger partial charge is 0.421 e. The van der Waals surface area contributed by atoms with Crippen molar-refractivity contribution in [3.63, 3.8) is 0 Å². The maximum absolute atomic E-state index is 11.1. The number of ether oxygens (including phenoxy) is 2. The second-order valence-electron chi connectivity index (χ2n) is 2.91. The van der Waals surface area contributed by atoms with Gasteiger partial charge in [-0.25, -0.2) is 4.79 Å². The van der Waals surface area contributed by atoms with Crippen molar-refractivity contribution >= 4 is 28.7 Å². The average Bonchev–Trinajstić information content (AvgIpc) is 2.30. The summed E-state index contributed by atoms with van der Waals surface area (Å²) in [4.78, 5) is 11.1. The summed E-state index contributed by atoms with van der Waals surface area (Å²) in [6, 6.07) is 7.30. The minimum atomic E-state index is -0.733. The van der Waals surface area contributed by atoms with Gasteiger partial charge in [-0.15, -0.1) is 0 Å². The summed E-state index contributed by atoms with van der Waals surface area (Å²) in [5.41, 5.74) is 1.19. The number of hydrogen-bond donors (Lipinski definition) is 0. The van der Waals surface area contributed by atoms with Crippen LogP contribution in [0.5, 0.6) is 5.75 Å². The molecular weight excluding hydrogens is 319 g/mol. The van der Waals surface area contributed by atoms with E-state index in [1.807, 2.05) is 34.7 Å². The summed E-state index contributed by atoms with van der Waals surface area (Å²) < 4.78 is 12.2. The molecule has 84 valence electrons. The Hall–Kier alpha value is -1.22. The number of aryl methyl sites for hydroxylation is 1. The quantitative estimate of drug-likeness (QED) is 0.370. The molecule has 1 aromatic rings. The van der Waals surface area contributed by atoms with Gasteiger partial charge in [0.15, 0.2) is 6.61 Å². The summed E-state index contributed by atoms with van der Waals surface area (Å²) in [5.74, 6) is 3.07. The number of carbonyl (C=O) groups is 1. The molecule has 0 heterocycles. The van der Waals surface area contributed by atoms with Gasteiger partial charge in [0.25, 0.3) is 0 Å². The Morgan fingerprint density at radius 3 is 2.62 bits per heavy atom. The molecule has 0 N–H and O–H groups in total. The second-order valence-corrected chi connectivity index (χ2v) is 3.45. The van der Waals surface area contributed by atoms with E-state index < -0.39 is 6.16 Å². The molecule has 0 unspecified atom stereocenters. The Bertz CT molecular complexity index is 401. The van der Waals surface area contributed by atoms with Crippen molar-refractivity contribution < 1.29 is 14.3 Å². The van der Waals surface area contributed by atoms with Gasteiger partial charge in [-0.1, -0.05) is 25.0 Å². The normalized spacial score (nSPS) is 8.88. The van der Waals surface area contributed by atoms with E-state index in [2.05, 4.69) is 16.8 Å². The van der Waals surface area contributed by atoms with Crippen LogP contribution in [0.2, 0.25) is 0 Å². The molecular formula is C12H11IO3. The van der Waals surface area contributed by atoms with Crippen molar-refractivity contribution in [2.24, 2.45) is 0 Å². The highest BCUT2D eigenvalue weighted by atomic mass is 127. The number of benzene rings is 1. The fourth-order valence-corrected chi connectivity index (χ4v) is 1.20. The van der Waals surface area contributed by atoms with Crippen LogP contribution in [-0.2, 0) is 11.2 Å². The number of hydrogen-bond acceptors (Lipinski definition) is 3. The molecule has 0 aliphatic carbocycles. The predicted molar refractivity (Wildman–Crippen MR) is 69.6 cm³/mol. The maximum atomic E-state index is 11.1. The molecule has 0 aromatic heterocycles. The highest BCUT2D eigenvalue weighted by Gasteiger charge is 2.04. The zero-order chi connectivity index (χ0) is 11.8. The van der Waals surface area contributed by atoms with Crippen LogP contribution in [0, 0.1) is 9.85 Å². The van der Waals surface area contributed by atoms with Crippen LogP contribution < -0.4 is 4.74 Å². The predicted octanol–water partition coefficient (Wildman–Crippen LogP) is 3.16. The lowest BCUT2D eigenvalue weighted by atomic mass is 10.2. The Morgan fingerprint density at radius 1 is 1.38 bits per heavy atom. The molecule has 0 fully saturated rings. The van der Waals surface area contributed by atoms with Crippen molar-refractivity contribution in [2.75, 3.05) is 6.61 Å². The van der Waals surface area contributed by atoms with Crippen LogP contribution in [0.15, 0.2) is 24.3 Å². The van der Waals surface area contributed by atoms with E-state index in [-0.39, 0.29) is 6.61 Å². The number of rotatable bonds is 3. The third-order valence-electron chi connectivity index (χ3n) is 1.86. The lowest BCUT2D eigenvalue weighted by Gasteiger charge is -2.03. The van der Waals surface area contributed by atoms with E-state index in [4.69, 9.17) is 9.47 Å². The van der Waals surface area contributed by atoms with Gasteiger partial charge >= 0.3 is 6.16 Å². The Labute approximate surface area is 108 Å². The first kappa shape index (κ1) is 12.8. The standard InChI is InChI=1S/C12H11IO3/c1-2-10-4-6-11(7-5-10)16-12(14)15-9-3-8-13/h4-7H,2,9H2,1H3.